The van der Waals surface area contributed by atoms with Crippen LogP contribution in [0.2, 0.25) is 0 Å². The lowest BCUT2D eigenvalue weighted by molar-refractivity contribution is -0.143. The van der Waals surface area contributed by atoms with Crippen molar-refractivity contribution in [3.63, 3.8) is 0 Å². The molecule has 1 aliphatic heterocycles. The maximum atomic E-state index is 11.8. The lowest BCUT2D eigenvalue weighted by Gasteiger charge is -2.24. The standard InChI is InChI=1S/C25H25NO3/c1-17-20(9-6-10-23(17)18-7-4-3-5-8-18)16-29-22-12-11-19-14-24(25(27)28-2)26-15-21(19)13-22/h3-13,24,26H,14-16H2,1-2H3/t24-/m0/s1. The van der Waals surface area contributed by atoms with Crippen LogP contribution in [-0.2, 0) is 29.1 Å². The molecule has 0 amide bonds. The van der Waals surface area contributed by atoms with Crippen molar-refractivity contribution in [3.8, 4) is 16.9 Å². The minimum Gasteiger partial charge on any atom is -0.489 e. The molecule has 0 bridgehead atoms. The Morgan fingerprint density at radius 2 is 1.86 bits per heavy atom. The van der Waals surface area contributed by atoms with Crippen LogP contribution in [0, 0.1) is 6.92 Å². The first kappa shape index (κ1) is 19.2. The third kappa shape index (κ3) is 4.17. The molecule has 3 aromatic carbocycles. The van der Waals surface area contributed by atoms with E-state index in [0.29, 0.717) is 19.6 Å². The van der Waals surface area contributed by atoms with Crippen LogP contribution in [0.4, 0.5) is 0 Å². The maximum absolute atomic E-state index is 11.8. The van der Waals surface area contributed by atoms with E-state index >= 15 is 0 Å². The molecule has 1 atom stereocenters. The molecule has 0 saturated heterocycles. The maximum Gasteiger partial charge on any atom is 0.323 e. The molecular formula is C25H25NO3. The zero-order valence-electron chi connectivity index (χ0n) is 16.8. The molecule has 3 aromatic rings. The SMILES string of the molecule is COC(=O)[C@@H]1Cc2ccc(OCc3cccc(-c4ccccc4)c3C)cc2CN1. The van der Waals surface area contributed by atoms with E-state index in [1.54, 1.807) is 0 Å². The number of methoxy groups -OCH3 is 1. The summed E-state index contributed by atoms with van der Waals surface area (Å²) in [5.41, 5.74) is 7.18. The van der Waals surface area contributed by atoms with Crippen molar-refractivity contribution in [3.05, 3.63) is 89.0 Å². The average Bonchev–Trinajstić information content (AvgIpc) is 2.78. The molecule has 4 heteroatoms. The van der Waals surface area contributed by atoms with Crippen molar-refractivity contribution in [1.29, 1.82) is 0 Å². The molecule has 1 aliphatic rings. The summed E-state index contributed by atoms with van der Waals surface area (Å²) in [4.78, 5) is 11.8. The minimum atomic E-state index is -0.275. The van der Waals surface area contributed by atoms with Crippen LogP contribution in [0.5, 0.6) is 5.75 Å². The molecule has 29 heavy (non-hydrogen) atoms. The number of ether oxygens (including phenoxy) is 2. The molecule has 0 radical (unpaired) electrons. The van der Waals surface area contributed by atoms with Crippen LogP contribution in [0.25, 0.3) is 11.1 Å². The van der Waals surface area contributed by atoms with Crippen LogP contribution < -0.4 is 10.1 Å². The first-order valence-electron chi connectivity index (χ1n) is 9.85. The largest absolute Gasteiger partial charge is 0.489 e. The van der Waals surface area contributed by atoms with Crippen LogP contribution in [0.1, 0.15) is 22.3 Å². The second kappa shape index (κ2) is 8.50. The summed E-state index contributed by atoms with van der Waals surface area (Å²) < 4.78 is 10.9. The van der Waals surface area contributed by atoms with Crippen molar-refractivity contribution in [2.75, 3.05) is 7.11 Å². The quantitative estimate of drug-likeness (QED) is 0.658. The molecule has 4 rings (SSSR count). The zero-order valence-corrected chi connectivity index (χ0v) is 16.8. The fourth-order valence-corrected chi connectivity index (χ4v) is 3.82. The van der Waals surface area contributed by atoms with Gasteiger partial charge in [0, 0.05) is 6.54 Å². The highest BCUT2D eigenvalue weighted by Gasteiger charge is 2.24. The van der Waals surface area contributed by atoms with E-state index in [4.69, 9.17) is 9.47 Å². The molecule has 0 saturated carbocycles. The Morgan fingerprint density at radius 1 is 1.03 bits per heavy atom. The fourth-order valence-electron chi connectivity index (χ4n) is 3.82. The lowest BCUT2D eigenvalue weighted by atomic mass is 9.95. The number of carbonyl (C=O) groups is 1. The number of hydrogen-bond acceptors (Lipinski definition) is 4. The van der Waals surface area contributed by atoms with Gasteiger partial charge < -0.3 is 14.8 Å². The molecular weight excluding hydrogens is 362 g/mol. The van der Waals surface area contributed by atoms with Gasteiger partial charge in [0.1, 0.15) is 18.4 Å². The Hall–Kier alpha value is -3.11. The first-order chi connectivity index (χ1) is 14.2. The van der Waals surface area contributed by atoms with Crippen molar-refractivity contribution in [2.24, 2.45) is 0 Å². The van der Waals surface area contributed by atoms with Crippen molar-refractivity contribution < 1.29 is 14.3 Å². The van der Waals surface area contributed by atoms with Gasteiger partial charge >= 0.3 is 5.97 Å². The van der Waals surface area contributed by atoms with Gasteiger partial charge in [-0.25, -0.2) is 0 Å². The van der Waals surface area contributed by atoms with Crippen LogP contribution in [0.15, 0.2) is 66.7 Å². The van der Waals surface area contributed by atoms with Gasteiger partial charge in [-0.1, -0.05) is 54.6 Å². The van der Waals surface area contributed by atoms with E-state index in [-0.39, 0.29) is 12.0 Å². The molecule has 0 spiro atoms. The van der Waals surface area contributed by atoms with E-state index in [1.165, 1.54) is 29.4 Å². The Morgan fingerprint density at radius 3 is 2.66 bits per heavy atom. The third-order valence-corrected chi connectivity index (χ3v) is 5.55. The molecule has 0 aromatic heterocycles. The van der Waals surface area contributed by atoms with Gasteiger partial charge in [0.05, 0.1) is 7.11 Å². The number of rotatable bonds is 5. The van der Waals surface area contributed by atoms with Gasteiger partial charge in [-0.05, 0) is 58.9 Å². The molecule has 148 valence electrons. The summed E-state index contributed by atoms with van der Waals surface area (Å²) in [6.45, 7) is 3.29. The van der Waals surface area contributed by atoms with Crippen LogP contribution in [-0.4, -0.2) is 19.1 Å². The Balaban J connectivity index is 1.47. The number of carbonyl (C=O) groups excluding carboxylic acids is 1. The Kier molecular flexibility index (Phi) is 5.63. The summed E-state index contributed by atoms with van der Waals surface area (Å²) >= 11 is 0. The first-order valence-corrected chi connectivity index (χ1v) is 9.85. The van der Waals surface area contributed by atoms with Crippen LogP contribution >= 0.6 is 0 Å². The van der Waals surface area contributed by atoms with Gasteiger partial charge in [0.25, 0.3) is 0 Å². The normalized spacial score (nSPS) is 15.4. The summed E-state index contributed by atoms with van der Waals surface area (Å²) in [5, 5.41) is 3.23. The average molecular weight is 387 g/mol. The fraction of sp³-hybridized carbons (Fsp3) is 0.240. The topological polar surface area (TPSA) is 47.6 Å². The molecule has 4 nitrogen and oxygen atoms in total. The van der Waals surface area contributed by atoms with Crippen LogP contribution in [0.3, 0.4) is 0 Å². The van der Waals surface area contributed by atoms with E-state index in [0.717, 1.165) is 16.9 Å². The predicted molar refractivity (Wildman–Crippen MR) is 114 cm³/mol. The summed E-state index contributed by atoms with van der Waals surface area (Å²) in [6, 6.07) is 22.6. The third-order valence-electron chi connectivity index (χ3n) is 5.55. The highest BCUT2D eigenvalue weighted by Crippen LogP contribution is 2.27. The minimum absolute atomic E-state index is 0.218. The van der Waals surface area contributed by atoms with Crippen molar-refractivity contribution in [1.82, 2.24) is 5.32 Å². The number of hydrogen-bond donors (Lipinski definition) is 1. The number of nitrogens with one attached hydrogen (secondary N) is 1. The molecule has 0 unspecified atom stereocenters. The number of benzene rings is 3. The summed E-state index contributed by atoms with van der Waals surface area (Å²) in [7, 11) is 1.42. The second-order valence-corrected chi connectivity index (χ2v) is 7.34. The van der Waals surface area contributed by atoms with Gasteiger partial charge in [0.15, 0.2) is 0 Å². The Bertz CT molecular complexity index is 1010. The molecule has 1 N–H and O–H groups in total. The van der Waals surface area contributed by atoms with E-state index in [9.17, 15) is 4.79 Å². The van der Waals surface area contributed by atoms with Crippen molar-refractivity contribution >= 4 is 5.97 Å². The van der Waals surface area contributed by atoms with E-state index in [1.807, 2.05) is 12.1 Å². The Labute approximate surface area is 171 Å². The molecule has 0 fully saturated rings. The number of fused-ring (bicyclic) bond motifs is 1. The molecule has 0 aliphatic carbocycles. The van der Waals surface area contributed by atoms with Gasteiger partial charge in [-0.2, -0.15) is 0 Å². The van der Waals surface area contributed by atoms with Crippen molar-refractivity contribution in [2.45, 2.75) is 32.5 Å². The second-order valence-electron chi connectivity index (χ2n) is 7.34. The van der Waals surface area contributed by atoms with E-state index in [2.05, 4.69) is 66.8 Å². The number of esters is 1. The summed E-state index contributed by atoms with van der Waals surface area (Å²) in [6.07, 6.45) is 0.639. The highest BCUT2D eigenvalue weighted by atomic mass is 16.5. The van der Waals surface area contributed by atoms with Gasteiger partial charge in [-0.3, -0.25) is 4.79 Å². The monoisotopic (exact) mass is 387 g/mol. The molecule has 1 heterocycles. The zero-order chi connectivity index (χ0) is 20.2. The van der Waals surface area contributed by atoms with Gasteiger partial charge in [-0.15, -0.1) is 0 Å². The highest BCUT2D eigenvalue weighted by molar-refractivity contribution is 5.76. The summed E-state index contributed by atoms with van der Waals surface area (Å²) in [5.74, 6) is 0.622. The lowest BCUT2D eigenvalue weighted by Crippen LogP contribution is -2.42. The predicted octanol–water partition coefficient (Wildman–Crippen LogP) is 4.43. The van der Waals surface area contributed by atoms with E-state index < -0.39 is 0 Å². The van der Waals surface area contributed by atoms with Gasteiger partial charge in [0.2, 0.25) is 0 Å². The smallest absolute Gasteiger partial charge is 0.323 e.